The van der Waals surface area contributed by atoms with Crippen LogP contribution in [0.25, 0.3) is 10.9 Å². The number of carbonyl (C=O) groups is 2. The van der Waals surface area contributed by atoms with Gasteiger partial charge in [0.2, 0.25) is 0 Å². The first-order valence-corrected chi connectivity index (χ1v) is 11.2. The van der Waals surface area contributed by atoms with E-state index >= 15 is 0 Å². The Hall–Kier alpha value is -2.32. The zero-order valence-corrected chi connectivity index (χ0v) is 19.4. The van der Waals surface area contributed by atoms with Crippen LogP contribution in [-0.4, -0.2) is 46.9 Å². The molecule has 1 unspecified atom stereocenters. The van der Waals surface area contributed by atoms with Crippen molar-refractivity contribution in [2.45, 2.75) is 45.8 Å². The number of aryl methyl sites for hydroxylation is 1. The summed E-state index contributed by atoms with van der Waals surface area (Å²) < 4.78 is 5.24. The lowest BCUT2D eigenvalue weighted by molar-refractivity contribution is -0.123. The van der Waals surface area contributed by atoms with Gasteiger partial charge in [0.05, 0.1) is 11.7 Å². The van der Waals surface area contributed by atoms with Crippen molar-refractivity contribution >= 4 is 52.5 Å². The maximum atomic E-state index is 12.5. The summed E-state index contributed by atoms with van der Waals surface area (Å²) in [6, 6.07) is 6.97. The van der Waals surface area contributed by atoms with E-state index in [0.29, 0.717) is 17.7 Å². The molecule has 0 bridgehead atoms. The van der Waals surface area contributed by atoms with Gasteiger partial charge in [-0.1, -0.05) is 23.7 Å². The molecule has 2 rings (SSSR count). The molecule has 0 fully saturated rings. The Kier molecular flexibility index (Phi) is 8.49. The van der Waals surface area contributed by atoms with Gasteiger partial charge in [-0.2, -0.15) is 16.9 Å². The van der Waals surface area contributed by atoms with Gasteiger partial charge in [-0.05, 0) is 63.8 Å². The minimum atomic E-state index is -0.766. The Morgan fingerprint density at radius 3 is 2.73 bits per heavy atom. The summed E-state index contributed by atoms with van der Waals surface area (Å²) in [6.07, 6.45) is 3.16. The molecular formula is C21H27ClN4O3S. The molecular weight excluding hydrogens is 424 g/mol. The number of ether oxygens (including phenoxy) is 1. The zero-order valence-electron chi connectivity index (χ0n) is 17.8. The molecule has 1 atom stereocenters. The summed E-state index contributed by atoms with van der Waals surface area (Å²) in [7, 11) is 0. The van der Waals surface area contributed by atoms with Gasteiger partial charge >= 0.3 is 6.09 Å². The second-order valence-corrected chi connectivity index (χ2v) is 9.12. The van der Waals surface area contributed by atoms with E-state index < -0.39 is 23.6 Å². The summed E-state index contributed by atoms with van der Waals surface area (Å²) in [5, 5.41) is 7.80. The third-order valence-corrected chi connectivity index (χ3v) is 4.90. The van der Waals surface area contributed by atoms with Gasteiger partial charge in [0.1, 0.15) is 16.8 Å². The van der Waals surface area contributed by atoms with Crippen molar-refractivity contribution < 1.29 is 14.3 Å². The number of hydrazone groups is 1. The normalized spacial score (nSPS) is 12.7. The number of rotatable bonds is 7. The minimum Gasteiger partial charge on any atom is -0.444 e. The molecule has 0 spiro atoms. The maximum Gasteiger partial charge on any atom is 0.408 e. The first-order valence-electron chi connectivity index (χ1n) is 9.47. The topological polar surface area (TPSA) is 92.7 Å². The number of hydrogen-bond acceptors (Lipinski definition) is 6. The number of hydrogen-bond donors (Lipinski definition) is 2. The predicted molar refractivity (Wildman–Crippen MR) is 123 cm³/mol. The quantitative estimate of drug-likeness (QED) is 0.373. The van der Waals surface area contributed by atoms with E-state index in [1.54, 1.807) is 32.5 Å². The molecule has 1 aromatic carbocycles. The van der Waals surface area contributed by atoms with E-state index in [1.165, 1.54) is 6.21 Å². The van der Waals surface area contributed by atoms with E-state index in [1.807, 2.05) is 37.4 Å². The van der Waals surface area contributed by atoms with Crippen LogP contribution in [0.4, 0.5) is 4.79 Å². The Labute approximate surface area is 186 Å². The second-order valence-electron chi connectivity index (χ2n) is 7.78. The molecule has 2 amide bonds. The molecule has 1 aromatic heterocycles. The number of nitrogens with zero attached hydrogens (tertiary/aromatic N) is 2. The van der Waals surface area contributed by atoms with Gasteiger partial charge in [0.15, 0.2) is 0 Å². The molecule has 0 saturated heterocycles. The Bertz CT molecular complexity index is 944. The number of halogens is 1. The number of nitrogens with one attached hydrogen (secondary N) is 2. The molecule has 162 valence electrons. The minimum absolute atomic E-state index is 0.289. The average molecular weight is 451 g/mol. The first-order chi connectivity index (χ1) is 14.1. The van der Waals surface area contributed by atoms with Crippen LogP contribution in [-0.2, 0) is 9.53 Å². The third kappa shape index (κ3) is 7.50. The molecule has 7 nitrogen and oxygen atoms in total. The molecule has 0 aliphatic carbocycles. The smallest absolute Gasteiger partial charge is 0.408 e. The molecule has 0 saturated carbocycles. The van der Waals surface area contributed by atoms with Crippen molar-refractivity contribution in [2.24, 2.45) is 5.10 Å². The molecule has 0 radical (unpaired) electrons. The number of aromatic nitrogens is 1. The van der Waals surface area contributed by atoms with Crippen LogP contribution in [0.5, 0.6) is 0 Å². The number of alkyl carbamates (subject to hydrolysis) is 1. The van der Waals surface area contributed by atoms with Gasteiger partial charge < -0.3 is 10.1 Å². The van der Waals surface area contributed by atoms with Crippen LogP contribution in [0, 0.1) is 6.92 Å². The Morgan fingerprint density at radius 2 is 2.07 bits per heavy atom. The highest BCUT2D eigenvalue weighted by atomic mass is 35.5. The molecule has 30 heavy (non-hydrogen) atoms. The van der Waals surface area contributed by atoms with Crippen LogP contribution >= 0.6 is 23.4 Å². The fourth-order valence-corrected chi connectivity index (χ4v) is 3.22. The average Bonchev–Trinajstić information content (AvgIpc) is 2.64. The number of benzene rings is 1. The summed E-state index contributed by atoms with van der Waals surface area (Å²) >= 11 is 7.82. The molecule has 9 heteroatoms. The summed E-state index contributed by atoms with van der Waals surface area (Å²) in [6.45, 7) is 7.27. The van der Waals surface area contributed by atoms with Crippen LogP contribution in [0.2, 0.25) is 5.15 Å². The maximum absolute atomic E-state index is 12.5. The zero-order chi connectivity index (χ0) is 22.3. The lowest BCUT2D eigenvalue weighted by Crippen LogP contribution is -2.47. The van der Waals surface area contributed by atoms with E-state index in [9.17, 15) is 9.59 Å². The van der Waals surface area contributed by atoms with Gasteiger partial charge in [0.25, 0.3) is 5.91 Å². The highest BCUT2D eigenvalue weighted by Gasteiger charge is 2.24. The number of pyridine rings is 1. The van der Waals surface area contributed by atoms with Crippen molar-refractivity contribution in [2.75, 3.05) is 12.0 Å². The fraction of sp³-hybridized carbons (Fsp3) is 0.429. The summed E-state index contributed by atoms with van der Waals surface area (Å²) in [4.78, 5) is 28.9. The molecule has 2 N–H and O–H groups in total. The largest absolute Gasteiger partial charge is 0.444 e. The van der Waals surface area contributed by atoms with Crippen molar-refractivity contribution in [3.8, 4) is 0 Å². The van der Waals surface area contributed by atoms with E-state index in [2.05, 4.69) is 20.8 Å². The van der Waals surface area contributed by atoms with Crippen LogP contribution in [0.3, 0.4) is 0 Å². The number of amides is 2. The van der Waals surface area contributed by atoms with Crippen LogP contribution in [0.1, 0.15) is 38.3 Å². The molecule has 1 heterocycles. The van der Waals surface area contributed by atoms with E-state index in [0.717, 1.165) is 16.5 Å². The first kappa shape index (κ1) is 24.0. The highest BCUT2D eigenvalue weighted by molar-refractivity contribution is 7.98. The van der Waals surface area contributed by atoms with Crippen molar-refractivity contribution in [3.63, 3.8) is 0 Å². The molecule has 2 aromatic rings. The summed E-state index contributed by atoms with van der Waals surface area (Å²) in [5.74, 6) is 0.254. The van der Waals surface area contributed by atoms with Gasteiger partial charge in [-0.25, -0.2) is 15.2 Å². The van der Waals surface area contributed by atoms with Crippen molar-refractivity contribution in [1.29, 1.82) is 0 Å². The number of fused-ring (bicyclic) bond motifs is 1. The molecule has 0 aliphatic heterocycles. The monoisotopic (exact) mass is 450 g/mol. The lowest BCUT2D eigenvalue weighted by atomic mass is 10.1. The number of thioether (sulfide) groups is 1. The molecule has 0 aliphatic rings. The van der Waals surface area contributed by atoms with Crippen molar-refractivity contribution in [1.82, 2.24) is 15.7 Å². The Morgan fingerprint density at radius 1 is 1.33 bits per heavy atom. The lowest BCUT2D eigenvalue weighted by Gasteiger charge is -2.22. The van der Waals surface area contributed by atoms with Crippen molar-refractivity contribution in [3.05, 3.63) is 40.5 Å². The third-order valence-electron chi connectivity index (χ3n) is 3.95. The van der Waals surface area contributed by atoms with Gasteiger partial charge in [0, 0.05) is 10.9 Å². The fourth-order valence-electron chi connectivity index (χ4n) is 2.56. The van der Waals surface area contributed by atoms with Gasteiger partial charge in [-0.15, -0.1) is 0 Å². The second kappa shape index (κ2) is 10.6. The van der Waals surface area contributed by atoms with Crippen LogP contribution in [0.15, 0.2) is 29.4 Å². The van der Waals surface area contributed by atoms with E-state index in [-0.39, 0.29) is 5.15 Å². The van der Waals surface area contributed by atoms with Crippen LogP contribution < -0.4 is 10.7 Å². The Balaban J connectivity index is 2.07. The standard InChI is InChI=1S/C21H27ClN4O3S/c1-13-6-7-14-11-15(18(22)24-17(14)10-13)12-23-26-19(27)16(8-9-30-5)25-20(28)29-21(2,3)4/h6-7,10-12,16H,8-9H2,1-5H3,(H,25,28)(H,26,27). The highest BCUT2D eigenvalue weighted by Crippen LogP contribution is 2.20. The van der Waals surface area contributed by atoms with Gasteiger partial charge in [-0.3, -0.25) is 4.79 Å². The number of carbonyl (C=O) groups excluding carboxylic acids is 2. The SMILES string of the molecule is CSCCC(NC(=O)OC(C)(C)C)C(=O)NN=Cc1cc2ccc(C)cc2nc1Cl. The summed E-state index contributed by atoms with van der Waals surface area (Å²) in [5.41, 5.74) is 4.27. The van der Waals surface area contributed by atoms with E-state index in [4.69, 9.17) is 16.3 Å². The predicted octanol–water partition coefficient (Wildman–Crippen LogP) is 4.29.